The van der Waals surface area contributed by atoms with Crippen LogP contribution in [0, 0.1) is 0 Å². The summed E-state index contributed by atoms with van der Waals surface area (Å²) in [5, 5.41) is 3.97. The summed E-state index contributed by atoms with van der Waals surface area (Å²) in [5.74, 6) is 0.713. The Labute approximate surface area is 139 Å². The molecule has 0 unspecified atom stereocenters. The van der Waals surface area contributed by atoms with Crippen molar-refractivity contribution in [3.8, 4) is 0 Å². The second kappa shape index (κ2) is 5.26. The molecule has 4 rings (SSSR count). The van der Waals surface area contributed by atoms with Crippen LogP contribution in [0.2, 0.25) is 10.0 Å². The first-order valence-corrected chi connectivity index (χ1v) is 7.46. The van der Waals surface area contributed by atoms with Crippen LogP contribution in [-0.2, 0) is 0 Å². The first-order chi connectivity index (χ1) is 11.1. The Morgan fingerprint density at radius 2 is 1.78 bits per heavy atom. The summed E-state index contributed by atoms with van der Waals surface area (Å²) in [5.41, 5.74) is 1.72. The minimum Gasteiger partial charge on any atom is -0.324 e. The van der Waals surface area contributed by atoms with E-state index < -0.39 is 0 Å². The van der Waals surface area contributed by atoms with Gasteiger partial charge in [-0.2, -0.15) is 0 Å². The number of aromatic amines is 2. The molecule has 6 nitrogen and oxygen atoms in total. The summed E-state index contributed by atoms with van der Waals surface area (Å²) < 4.78 is 0. The lowest BCUT2D eigenvalue weighted by Gasteiger charge is -2.05. The minimum atomic E-state index is -0.335. The van der Waals surface area contributed by atoms with Crippen molar-refractivity contribution in [3.05, 3.63) is 56.8 Å². The lowest BCUT2D eigenvalue weighted by Crippen LogP contribution is -2.11. The molecule has 3 N–H and O–H groups in total. The van der Waals surface area contributed by atoms with E-state index in [1.54, 1.807) is 6.07 Å². The summed E-state index contributed by atoms with van der Waals surface area (Å²) in [7, 11) is 0. The van der Waals surface area contributed by atoms with Crippen molar-refractivity contribution in [2.24, 2.45) is 0 Å². The number of anilines is 2. The molecule has 114 valence electrons. The van der Waals surface area contributed by atoms with Crippen LogP contribution < -0.4 is 10.9 Å². The SMILES string of the molecule is O=c1[nH]c(Nc2nc3ccccc3[nH]2)nc2c(Cl)cc(Cl)cc12. The van der Waals surface area contributed by atoms with E-state index in [4.69, 9.17) is 23.2 Å². The fourth-order valence-electron chi connectivity index (χ4n) is 2.35. The molecule has 0 aliphatic heterocycles. The number of H-pyrrole nitrogens is 2. The van der Waals surface area contributed by atoms with Gasteiger partial charge in [0.05, 0.1) is 27.0 Å². The Balaban J connectivity index is 1.81. The molecule has 0 radical (unpaired) electrons. The van der Waals surface area contributed by atoms with E-state index in [0.29, 0.717) is 26.9 Å². The molecule has 2 heterocycles. The van der Waals surface area contributed by atoms with Gasteiger partial charge in [0, 0.05) is 5.02 Å². The Bertz CT molecular complexity index is 1070. The molecule has 0 fully saturated rings. The normalized spacial score (nSPS) is 11.2. The third-order valence-electron chi connectivity index (χ3n) is 3.35. The Kier molecular flexibility index (Phi) is 3.21. The van der Waals surface area contributed by atoms with Crippen LogP contribution >= 0.6 is 23.2 Å². The molecule has 2 aromatic carbocycles. The smallest absolute Gasteiger partial charge is 0.260 e. The van der Waals surface area contributed by atoms with Gasteiger partial charge in [-0.15, -0.1) is 0 Å². The molecular weight excluding hydrogens is 337 g/mol. The van der Waals surface area contributed by atoms with Gasteiger partial charge in [0.25, 0.3) is 5.56 Å². The number of para-hydroxylation sites is 2. The van der Waals surface area contributed by atoms with Crippen LogP contribution in [0.1, 0.15) is 0 Å². The van der Waals surface area contributed by atoms with Crippen molar-refractivity contribution >= 4 is 57.0 Å². The molecule has 0 atom stereocenters. The summed E-state index contributed by atoms with van der Waals surface area (Å²) >= 11 is 12.0. The highest BCUT2D eigenvalue weighted by molar-refractivity contribution is 6.38. The zero-order valence-electron chi connectivity index (χ0n) is 11.5. The molecule has 0 bridgehead atoms. The Hall–Kier alpha value is -2.57. The minimum absolute atomic E-state index is 0.241. The number of halogens is 2. The Morgan fingerprint density at radius 3 is 2.61 bits per heavy atom. The molecule has 0 saturated heterocycles. The number of aromatic nitrogens is 4. The third-order valence-corrected chi connectivity index (χ3v) is 3.86. The first kappa shape index (κ1) is 14.0. The van der Waals surface area contributed by atoms with Gasteiger partial charge in [0.2, 0.25) is 11.9 Å². The zero-order valence-corrected chi connectivity index (χ0v) is 13.0. The van der Waals surface area contributed by atoms with Crippen LogP contribution in [0.5, 0.6) is 0 Å². The van der Waals surface area contributed by atoms with Gasteiger partial charge in [-0.3, -0.25) is 15.1 Å². The van der Waals surface area contributed by atoms with Crippen LogP contribution in [-0.4, -0.2) is 19.9 Å². The highest BCUT2D eigenvalue weighted by Gasteiger charge is 2.10. The molecule has 4 aromatic rings. The number of nitrogens with one attached hydrogen (secondary N) is 3. The maximum absolute atomic E-state index is 12.2. The van der Waals surface area contributed by atoms with Gasteiger partial charge >= 0.3 is 0 Å². The molecule has 0 saturated carbocycles. The average molecular weight is 346 g/mol. The largest absolute Gasteiger partial charge is 0.324 e. The molecule has 0 amide bonds. The molecule has 0 aliphatic carbocycles. The fraction of sp³-hybridized carbons (Fsp3) is 0. The van der Waals surface area contributed by atoms with Gasteiger partial charge in [-0.05, 0) is 24.3 Å². The third kappa shape index (κ3) is 2.52. The predicted octanol–water partition coefficient (Wildman–Crippen LogP) is 3.85. The molecule has 0 spiro atoms. The molecule has 0 aliphatic rings. The van der Waals surface area contributed by atoms with Gasteiger partial charge in [-0.25, -0.2) is 9.97 Å². The number of benzene rings is 2. The van der Waals surface area contributed by atoms with Gasteiger partial charge in [0.1, 0.15) is 0 Å². The summed E-state index contributed by atoms with van der Waals surface area (Å²) in [4.78, 5) is 26.6. The summed E-state index contributed by atoms with van der Waals surface area (Å²) in [6.07, 6.45) is 0. The van der Waals surface area contributed by atoms with Crippen LogP contribution in [0.3, 0.4) is 0 Å². The lowest BCUT2D eigenvalue weighted by atomic mass is 10.2. The van der Waals surface area contributed by atoms with Gasteiger partial charge < -0.3 is 4.98 Å². The van der Waals surface area contributed by atoms with Crippen molar-refractivity contribution in [2.45, 2.75) is 0 Å². The van der Waals surface area contributed by atoms with Crippen LogP contribution in [0.4, 0.5) is 11.9 Å². The van der Waals surface area contributed by atoms with Crippen molar-refractivity contribution in [2.75, 3.05) is 5.32 Å². The highest BCUT2D eigenvalue weighted by atomic mass is 35.5. The monoisotopic (exact) mass is 345 g/mol. The first-order valence-electron chi connectivity index (χ1n) is 6.71. The number of imidazole rings is 1. The maximum Gasteiger partial charge on any atom is 0.260 e. The fourth-order valence-corrected chi connectivity index (χ4v) is 2.89. The van der Waals surface area contributed by atoms with E-state index in [1.807, 2.05) is 24.3 Å². The number of hydrogen-bond donors (Lipinski definition) is 3. The maximum atomic E-state index is 12.2. The van der Waals surface area contributed by atoms with Crippen LogP contribution in [0.15, 0.2) is 41.2 Å². The van der Waals surface area contributed by atoms with E-state index >= 15 is 0 Å². The summed E-state index contributed by atoms with van der Waals surface area (Å²) in [6.45, 7) is 0. The molecule has 23 heavy (non-hydrogen) atoms. The molecule has 2 aromatic heterocycles. The standard InChI is InChI=1S/C15H9Cl2N5O/c16-7-5-8-12(9(17)6-7)20-15(21-13(8)23)22-14-18-10-3-1-2-4-11(10)19-14/h1-6H,(H3,18,19,20,21,22,23). The van der Waals surface area contributed by atoms with E-state index in [9.17, 15) is 4.79 Å². The van der Waals surface area contributed by atoms with Crippen LogP contribution in [0.25, 0.3) is 21.9 Å². The Morgan fingerprint density at radius 1 is 1.00 bits per heavy atom. The average Bonchev–Trinajstić information content (AvgIpc) is 2.90. The van der Waals surface area contributed by atoms with Crippen molar-refractivity contribution in [3.63, 3.8) is 0 Å². The topological polar surface area (TPSA) is 86.5 Å². The number of hydrogen-bond acceptors (Lipinski definition) is 4. The molecule has 8 heteroatoms. The lowest BCUT2D eigenvalue weighted by molar-refractivity contribution is 1.14. The van der Waals surface area contributed by atoms with Gasteiger partial charge in [0.15, 0.2) is 0 Å². The predicted molar refractivity (Wildman–Crippen MR) is 91.8 cm³/mol. The van der Waals surface area contributed by atoms with Crippen molar-refractivity contribution in [1.29, 1.82) is 0 Å². The molecular formula is C15H9Cl2N5O. The van der Waals surface area contributed by atoms with E-state index in [1.165, 1.54) is 6.07 Å². The number of rotatable bonds is 2. The number of fused-ring (bicyclic) bond motifs is 2. The van der Waals surface area contributed by atoms with Crippen molar-refractivity contribution in [1.82, 2.24) is 19.9 Å². The second-order valence-corrected chi connectivity index (χ2v) is 5.77. The van der Waals surface area contributed by atoms with E-state index in [0.717, 1.165) is 11.0 Å². The second-order valence-electron chi connectivity index (χ2n) is 4.93. The van der Waals surface area contributed by atoms with Crippen molar-refractivity contribution < 1.29 is 0 Å². The van der Waals surface area contributed by atoms with E-state index in [2.05, 4.69) is 25.3 Å². The van der Waals surface area contributed by atoms with Gasteiger partial charge in [-0.1, -0.05) is 35.3 Å². The van der Waals surface area contributed by atoms with E-state index in [-0.39, 0.29) is 11.5 Å². The summed E-state index contributed by atoms with van der Waals surface area (Å²) in [6, 6.07) is 10.7. The highest BCUT2D eigenvalue weighted by Crippen LogP contribution is 2.25. The number of nitrogens with zero attached hydrogens (tertiary/aromatic N) is 2. The quantitative estimate of drug-likeness (QED) is 0.515. The zero-order chi connectivity index (χ0) is 16.0.